The Balaban J connectivity index is 0.00000361. The molecule has 0 radical (unpaired) electrons. The summed E-state index contributed by atoms with van der Waals surface area (Å²) in [6.07, 6.45) is 11.0. The molecule has 2 aliphatic carbocycles. The van der Waals surface area contributed by atoms with Crippen LogP contribution in [-0.2, 0) is 22.6 Å². The van der Waals surface area contributed by atoms with E-state index in [4.69, 9.17) is 4.74 Å². The van der Waals surface area contributed by atoms with Crippen LogP contribution in [0.3, 0.4) is 0 Å². The van der Waals surface area contributed by atoms with Gasteiger partial charge in [0.2, 0.25) is 5.92 Å². The van der Waals surface area contributed by atoms with Crippen molar-refractivity contribution < 1.29 is 45.0 Å². The van der Waals surface area contributed by atoms with Crippen molar-refractivity contribution in [2.45, 2.75) is 63.6 Å². The van der Waals surface area contributed by atoms with Crippen LogP contribution >= 0.6 is 15.9 Å². The lowest BCUT2D eigenvalue weighted by Gasteiger charge is -2.43. The van der Waals surface area contributed by atoms with E-state index in [1.165, 1.54) is 5.56 Å². The van der Waals surface area contributed by atoms with Gasteiger partial charge in [-0.1, -0.05) is 52.4 Å². The van der Waals surface area contributed by atoms with Crippen LogP contribution in [0.15, 0.2) is 65.4 Å². The zero-order chi connectivity index (χ0) is 25.1. The molecule has 5 nitrogen and oxygen atoms in total. The van der Waals surface area contributed by atoms with Crippen LogP contribution in [0.1, 0.15) is 43.5 Å². The smallest absolute Gasteiger partial charge is 0.306 e. The molecule has 196 valence electrons. The Hall–Kier alpha value is -1.84. The second kappa shape index (κ2) is 12.1. The molecule has 0 amide bonds. The van der Waals surface area contributed by atoms with Gasteiger partial charge in [-0.2, -0.15) is 0 Å². The molecule has 1 saturated carbocycles. The van der Waals surface area contributed by atoms with Gasteiger partial charge in [0.05, 0.1) is 12.0 Å². The molecule has 1 aromatic heterocycles. The van der Waals surface area contributed by atoms with E-state index in [9.17, 15) is 18.7 Å². The van der Waals surface area contributed by atoms with Crippen molar-refractivity contribution in [3.8, 4) is 0 Å². The molecule has 0 bridgehead atoms. The lowest BCUT2D eigenvalue weighted by atomic mass is 9.67. The number of carbonyl (C=O) groups is 1. The number of imidazole rings is 1. The molecule has 0 spiro atoms. The zero-order valence-electron chi connectivity index (χ0n) is 20.3. The molecular formula is C27H32Br2F2N2O3. The quantitative estimate of drug-likeness (QED) is 0.360. The van der Waals surface area contributed by atoms with Crippen molar-refractivity contribution in [3.63, 3.8) is 0 Å². The number of allylic oxidation sites excluding steroid dienone is 2. The molecule has 9 heteroatoms. The molecule has 1 N–H and O–H groups in total. The number of hydrogen-bond acceptors (Lipinski definition) is 3. The van der Waals surface area contributed by atoms with Gasteiger partial charge < -0.3 is 26.8 Å². The fourth-order valence-electron chi connectivity index (χ4n) is 5.15. The van der Waals surface area contributed by atoms with Crippen LogP contribution in [0, 0.1) is 18.8 Å². The van der Waals surface area contributed by atoms with Gasteiger partial charge in [0.15, 0.2) is 0 Å². The molecule has 1 unspecified atom stereocenters. The van der Waals surface area contributed by atoms with Crippen LogP contribution in [0.25, 0.3) is 0 Å². The van der Waals surface area contributed by atoms with E-state index < -0.39 is 29.3 Å². The van der Waals surface area contributed by atoms with Crippen LogP contribution < -0.4 is 21.5 Å². The maximum atomic E-state index is 14.0. The zero-order valence-corrected chi connectivity index (χ0v) is 23.4. The standard InChI is InChI=1S/C27H32BrF2N2O3.BrH/c1-20-31(13-14-32(20)19-21-7-9-24(28)10-8-21)15-16-35-25(33)17-22-5-2-3-12-27(22,34)23-6-4-11-26(29,30)18-23;/h2-3,5,7-10,12-14,22-23,34H,4,6,11,15-19H2,1H3;1H/q+1;/p-1/t22?,23-,27-;/m1./s1. The molecule has 2 aliphatic rings. The Morgan fingerprint density at radius 2 is 2.03 bits per heavy atom. The number of benzene rings is 1. The van der Waals surface area contributed by atoms with E-state index in [0.29, 0.717) is 19.4 Å². The van der Waals surface area contributed by atoms with Crippen molar-refractivity contribution in [2.75, 3.05) is 6.61 Å². The maximum Gasteiger partial charge on any atom is 0.306 e. The number of nitrogens with zero attached hydrogens (tertiary/aromatic N) is 2. The average molecular weight is 630 g/mol. The summed E-state index contributed by atoms with van der Waals surface area (Å²) < 4.78 is 38.7. The minimum absolute atomic E-state index is 0. The number of esters is 1. The molecule has 0 saturated heterocycles. The number of ether oxygens (including phenoxy) is 1. The third kappa shape index (κ3) is 6.92. The highest BCUT2D eigenvalue weighted by molar-refractivity contribution is 9.10. The van der Waals surface area contributed by atoms with Crippen molar-refractivity contribution in [1.82, 2.24) is 4.57 Å². The summed E-state index contributed by atoms with van der Waals surface area (Å²) in [5, 5.41) is 11.3. The van der Waals surface area contributed by atoms with E-state index in [2.05, 4.69) is 32.6 Å². The Bertz CT molecular complexity index is 1100. The van der Waals surface area contributed by atoms with Crippen molar-refractivity contribution in [1.29, 1.82) is 0 Å². The largest absolute Gasteiger partial charge is 1.00 e. The predicted molar refractivity (Wildman–Crippen MR) is 132 cm³/mol. The number of aliphatic hydroxyl groups is 1. The first-order chi connectivity index (χ1) is 16.7. The maximum absolute atomic E-state index is 14.0. The number of aromatic nitrogens is 2. The summed E-state index contributed by atoms with van der Waals surface area (Å²) in [4.78, 5) is 12.6. The molecule has 4 rings (SSSR count). The van der Waals surface area contributed by atoms with Gasteiger partial charge in [-0.3, -0.25) is 4.79 Å². The summed E-state index contributed by atoms with van der Waals surface area (Å²) in [7, 11) is 0. The van der Waals surface area contributed by atoms with Gasteiger partial charge in [-0.15, -0.1) is 0 Å². The molecule has 3 atom stereocenters. The van der Waals surface area contributed by atoms with Crippen molar-refractivity contribution in [3.05, 3.63) is 76.8 Å². The Morgan fingerprint density at radius 1 is 1.28 bits per heavy atom. The van der Waals surface area contributed by atoms with Gasteiger partial charge >= 0.3 is 5.97 Å². The topological polar surface area (TPSA) is 55.3 Å². The molecule has 1 aromatic carbocycles. The molecule has 1 heterocycles. The number of carbonyl (C=O) groups excluding carboxylic acids is 1. The molecule has 36 heavy (non-hydrogen) atoms. The van der Waals surface area contributed by atoms with E-state index >= 15 is 0 Å². The first-order valence-electron chi connectivity index (χ1n) is 12.1. The van der Waals surface area contributed by atoms with Crippen LogP contribution in [0.4, 0.5) is 8.78 Å². The van der Waals surface area contributed by atoms with Crippen LogP contribution in [-0.4, -0.2) is 33.8 Å². The highest BCUT2D eigenvalue weighted by Gasteiger charge is 2.48. The van der Waals surface area contributed by atoms with E-state index in [1.54, 1.807) is 24.3 Å². The molecule has 1 fully saturated rings. The summed E-state index contributed by atoms with van der Waals surface area (Å²) >= 11 is 3.45. The fraction of sp³-hybridized carbons (Fsp3) is 0.481. The average Bonchev–Trinajstić information content (AvgIpc) is 3.15. The highest BCUT2D eigenvalue weighted by atomic mass is 79.9. The van der Waals surface area contributed by atoms with E-state index in [0.717, 1.165) is 16.8 Å². The second-order valence-corrected chi connectivity index (χ2v) is 10.5. The summed E-state index contributed by atoms with van der Waals surface area (Å²) in [6.45, 7) is 3.45. The third-order valence-corrected chi connectivity index (χ3v) is 7.74. The van der Waals surface area contributed by atoms with Crippen molar-refractivity contribution in [2.24, 2.45) is 11.8 Å². The number of alkyl halides is 2. The first-order valence-corrected chi connectivity index (χ1v) is 12.9. The normalized spacial score (nSPS) is 24.8. The highest BCUT2D eigenvalue weighted by Crippen LogP contribution is 2.46. The Morgan fingerprint density at radius 3 is 2.75 bits per heavy atom. The summed E-state index contributed by atoms with van der Waals surface area (Å²) in [6, 6.07) is 8.17. The van der Waals surface area contributed by atoms with Gasteiger partial charge in [0.25, 0.3) is 5.82 Å². The van der Waals surface area contributed by atoms with Gasteiger partial charge in [-0.05, 0) is 36.5 Å². The summed E-state index contributed by atoms with van der Waals surface area (Å²) in [5.74, 6) is -3.35. The lowest BCUT2D eigenvalue weighted by molar-refractivity contribution is -0.694. The predicted octanol–water partition coefficient (Wildman–Crippen LogP) is 2.13. The summed E-state index contributed by atoms with van der Waals surface area (Å²) in [5.41, 5.74) is -0.281. The third-order valence-electron chi connectivity index (χ3n) is 7.21. The van der Waals surface area contributed by atoms with Gasteiger partial charge in [-0.25, -0.2) is 17.9 Å². The SMILES string of the molecule is Cc1n(CCOC(=O)CC2C=CC=C[C@]2(O)[C@@H]2CCCC(F)(F)C2)cc[n+]1Cc1ccc(Br)cc1.[Br-]. The van der Waals surface area contributed by atoms with Gasteiger partial charge in [0.1, 0.15) is 32.1 Å². The first kappa shape index (κ1) is 28.7. The number of halogens is 4. The Kier molecular flexibility index (Phi) is 9.68. The minimum Gasteiger partial charge on any atom is -1.00 e. The van der Waals surface area contributed by atoms with E-state index in [1.807, 2.05) is 36.0 Å². The Labute approximate surface area is 229 Å². The second-order valence-electron chi connectivity index (χ2n) is 9.60. The van der Waals surface area contributed by atoms with Crippen LogP contribution in [0.5, 0.6) is 0 Å². The molecule has 0 aliphatic heterocycles. The molecular weight excluding hydrogens is 598 g/mol. The lowest BCUT2D eigenvalue weighted by Crippen LogP contribution is -3.00. The number of hydrogen-bond donors (Lipinski definition) is 1. The van der Waals surface area contributed by atoms with E-state index in [-0.39, 0.29) is 42.9 Å². The monoisotopic (exact) mass is 628 g/mol. The number of rotatable bonds is 8. The minimum atomic E-state index is -2.78. The molecule has 2 aromatic rings. The fourth-order valence-corrected chi connectivity index (χ4v) is 5.41. The van der Waals surface area contributed by atoms with Gasteiger partial charge in [0, 0.05) is 30.2 Å². The van der Waals surface area contributed by atoms with Crippen LogP contribution in [0.2, 0.25) is 0 Å². The van der Waals surface area contributed by atoms with Crippen molar-refractivity contribution >= 4 is 21.9 Å².